The largest absolute Gasteiger partial charge is 0.491 e. The number of fused-ring (bicyclic) bond motifs is 1. The lowest BCUT2D eigenvalue weighted by Crippen LogP contribution is -2.44. The van der Waals surface area contributed by atoms with Crippen molar-refractivity contribution in [3.05, 3.63) is 54.1 Å². The first-order valence-corrected chi connectivity index (χ1v) is 7.76. The van der Waals surface area contributed by atoms with E-state index in [1.807, 2.05) is 24.3 Å². The molecule has 124 valence electrons. The normalized spacial score (nSPS) is 15.6. The molecule has 0 radical (unpaired) electrons. The van der Waals surface area contributed by atoms with E-state index in [-0.39, 0.29) is 18.0 Å². The van der Waals surface area contributed by atoms with Gasteiger partial charge >= 0.3 is 6.03 Å². The second-order valence-corrected chi connectivity index (χ2v) is 5.68. The molecule has 1 aliphatic heterocycles. The predicted molar refractivity (Wildman–Crippen MR) is 92.3 cm³/mol. The molecule has 0 spiro atoms. The summed E-state index contributed by atoms with van der Waals surface area (Å²) in [5.74, 6) is 0.746. The van der Waals surface area contributed by atoms with E-state index in [2.05, 4.69) is 16.0 Å². The quantitative estimate of drug-likeness (QED) is 0.812. The Kier molecular flexibility index (Phi) is 4.65. The molecule has 1 atom stereocenters. The summed E-state index contributed by atoms with van der Waals surface area (Å²) in [5.41, 5.74) is 2.43. The fraction of sp³-hybridized carbons (Fsp3) is 0.222. The summed E-state index contributed by atoms with van der Waals surface area (Å²) in [4.78, 5) is 23.1. The van der Waals surface area contributed by atoms with E-state index in [4.69, 9.17) is 4.74 Å². The fourth-order valence-electron chi connectivity index (χ4n) is 2.61. The van der Waals surface area contributed by atoms with Crippen molar-refractivity contribution in [2.45, 2.75) is 19.4 Å². The number of urea groups is 1. The smallest absolute Gasteiger partial charge is 0.319 e. The van der Waals surface area contributed by atoms with Crippen LogP contribution < -0.4 is 20.7 Å². The van der Waals surface area contributed by atoms with Gasteiger partial charge in [-0.2, -0.15) is 0 Å². The zero-order valence-electron chi connectivity index (χ0n) is 13.3. The summed E-state index contributed by atoms with van der Waals surface area (Å²) in [5, 5.41) is 8.36. The Bertz CT molecular complexity index is 743. The van der Waals surface area contributed by atoms with Crippen molar-refractivity contribution in [2.75, 3.05) is 17.2 Å². The number of ether oxygens (including phenoxy) is 1. The lowest BCUT2D eigenvalue weighted by atomic mass is 10.0. The standard InChI is InChI=1S/C18H19N3O3/c1-12(22)19-14-6-8-15(9-7-14)20-18(23)21-16-10-13-4-2-3-5-17(13)24-11-16/h2-9,16H,10-11H2,1H3,(H,19,22)(H2,20,21,23). The van der Waals surface area contributed by atoms with Gasteiger partial charge in [-0.15, -0.1) is 0 Å². The molecule has 3 N–H and O–H groups in total. The van der Waals surface area contributed by atoms with Crippen LogP contribution in [0.25, 0.3) is 0 Å². The van der Waals surface area contributed by atoms with Crippen LogP contribution in [0.15, 0.2) is 48.5 Å². The lowest BCUT2D eigenvalue weighted by molar-refractivity contribution is -0.114. The molecule has 3 amide bonds. The molecular weight excluding hydrogens is 306 g/mol. The molecule has 0 aliphatic carbocycles. The number of para-hydroxylation sites is 1. The second kappa shape index (κ2) is 7.04. The highest BCUT2D eigenvalue weighted by Crippen LogP contribution is 2.23. The minimum atomic E-state index is -0.282. The number of anilines is 2. The lowest BCUT2D eigenvalue weighted by Gasteiger charge is -2.26. The minimum absolute atomic E-state index is 0.0708. The van der Waals surface area contributed by atoms with Crippen LogP contribution >= 0.6 is 0 Å². The highest BCUT2D eigenvalue weighted by Gasteiger charge is 2.20. The van der Waals surface area contributed by atoms with Gasteiger partial charge in [0.2, 0.25) is 5.91 Å². The topological polar surface area (TPSA) is 79.5 Å². The number of benzene rings is 2. The van der Waals surface area contributed by atoms with Gasteiger partial charge in [0.1, 0.15) is 12.4 Å². The number of hydrogen-bond donors (Lipinski definition) is 3. The van der Waals surface area contributed by atoms with Crippen molar-refractivity contribution >= 4 is 23.3 Å². The number of amides is 3. The first-order valence-electron chi connectivity index (χ1n) is 7.76. The van der Waals surface area contributed by atoms with Crippen LogP contribution in [0.5, 0.6) is 5.75 Å². The highest BCUT2D eigenvalue weighted by molar-refractivity contribution is 5.91. The molecule has 1 unspecified atom stereocenters. The molecule has 0 aromatic heterocycles. The van der Waals surface area contributed by atoms with Crippen LogP contribution in [-0.2, 0) is 11.2 Å². The number of carbonyl (C=O) groups excluding carboxylic acids is 2. The predicted octanol–water partition coefficient (Wildman–Crippen LogP) is 2.77. The minimum Gasteiger partial charge on any atom is -0.491 e. The molecule has 0 saturated carbocycles. The number of nitrogens with one attached hydrogen (secondary N) is 3. The molecule has 6 nitrogen and oxygen atoms in total. The van der Waals surface area contributed by atoms with Crippen molar-refractivity contribution in [3.63, 3.8) is 0 Å². The van der Waals surface area contributed by atoms with Crippen LogP contribution in [0.3, 0.4) is 0 Å². The Morgan fingerprint density at radius 2 is 1.67 bits per heavy atom. The van der Waals surface area contributed by atoms with Crippen LogP contribution in [-0.4, -0.2) is 24.6 Å². The van der Waals surface area contributed by atoms with Crippen LogP contribution in [0.2, 0.25) is 0 Å². The molecule has 3 rings (SSSR count). The maximum absolute atomic E-state index is 12.1. The first-order chi connectivity index (χ1) is 11.6. The molecule has 2 aromatic rings. The molecule has 6 heteroatoms. The Labute approximate surface area is 140 Å². The van der Waals surface area contributed by atoms with Gasteiger partial charge in [-0.3, -0.25) is 4.79 Å². The highest BCUT2D eigenvalue weighted by atomic mass is 16.5. The van der Waals surface area contributed by atoms with Crippen LogP contribution in [0, 0.1) is 0 Å². The van der Waals surface area contributed by atoms with E-state index in [9.17, 15) is 9.59 Å². The maximum atomic E-state index is 12.1. The monoisotopic (exact) mass is 325 g/mol. The molecule has 0 saturated heterocycles. The summed E-state index contributed by atoms with van der Waals surface area (Å²) in [6.07, 6.45) is 0.741. The molecule has 1 aliphatic rings. The second-order valence-electron chi connectivity index (χ2n) is 5.68. The Morgan fingerprint density at radius 1 is 1.00 bits per heavy atom. The van der Waals surface area contributed by atoms with Gasteiger partial charge in [0.15, 0.2) is 0 Å². The molecule has 1 heterocycles. The molecular formula is C18H19N3O3. The maximum Gasteiger partial charge on any atom is 0.319 e. The summed E-state index contributed by atoms with van der Waals surface area (Å²) in [6.45, 7) is 1.90. The number of carbonyl (C=O) groups is 2. The fourth-order valence-corrected chi connectivity index (χ4v) is 2.61. The van der Waals surface area contributed by atoms with E-state index in [0.29, 0.717) is 18.0 Å². The van der Waals surface area contributed by atoms with Crippen LogP contribution in [0.4, 0.5) is 16.2 Å². The van der Waals surface area contributed by atoms with Gasteiger partial charge < -0.3 is 20.7 Å². The summed E-state index contributed by atoms with van der Waals surface area (Å²) >= 11 is 0. The van der Waals surface area contributed by atoms with Gasteiger partial charge in [0.05, 0.1) is 6.04 Å². The molecule has 24 heavy (non-hydrogen) atoms. The number of hydrogen-bond acceptors (Lipinski definition) is 3. The van der Waals surface area contributed by atoms with E-state index in [1.165, 1.54) is 6.92 Å². The van der Waals surface area contributed by atoms with Crippen molar-refractivity contribution in [3.8, 4) is 5.75 Å². The summed E-state index contributed by atoms with van der Waals surface area (Å²) < 4.78 is 5.66. The van der Waals surface area contributed by atoms with E-state index in [1.54, 1.807) is 24.3 Å². The van der Waals surface area contributed by atoms with E-state index < -0.39 is 0 Å². The van der Waals surface area contributed by atoms with Crippen LogP contribution in [0.1, 0.15) is 12.5 Å². The third-order valence-electron chi connectivity index (χ3n) is 3.68. The molecule has 0 bridgehead atoms. The Balaban J connectivity index is 1.53. The average molecular weight is 325 g/mol. The van der Waals surface area contributed by atoms with Crippen molar-refractivity contribution in [2.24, 2.45) is 0 Å². The average Bonchev–Trinajstić information content (AvgIpc) is 2.56. The SMILES string of the molecule is CC(=O)Nc1ccc(NC(=O)NC2COc3ccccc3C2)cc1. The van der Waals surface area contributed by atoms with E-state index >= 15 is 0 Å². The van der Waals surface area contributed by atoms with Gasteiger partial charge in [-0.1, -0.05) is 18.2 Å². The van der Waals surface area contributed by atoms with Gasteiger partial charge in [0.25, 0.3) is 0 Å². The zero-order valence-corrected chi connectivity index (χ0v) is 13.3. The van der Waals surface area contributed by atoms with E-state index in [0.717, 1.165) is 17.7 Å². The zero-order chi connectivity index (χ0) is 16.9. The number of rotatable bonds is 3. The van der Waals surface area contributed by atoms with Gasteiger partial charge in [-0.05, 0) is 42.3 Å². The Hall–Kier alpha value is -3.02. The van der Waals surface area contributed by atoms with Crippen molar-refractivity contribution < 1.29 is 14.3 Å². The third kappa shape index (κ3) is 4.04. The molecule has 0 fully saturated rings. The van der Waals surface area contributed by atoms with Crippen molar-refractivity contribution in [1.29, 1.82) is 0 Å². The van der Waals surface area contributed by atoms with Crippen molar-refractivity contribution in [1.82, 2.24) is 5.32 Å². The van der Waals surface area contributed by atoms with Gasteiger partial charge in [0, 0.05) is 18.3 Å². The molecule has 2 aromatic carbocycles. The van der Waals surface area contributed by atoms with Gasteiger partial charge in [-0.25, -0.2) is 4.79 Å². The first kappa shape index (κ1) is 15.9. The summed E-state index contributed by atoms with van der Waals surface area (Å²) in [7, 11) is 0. The summed E-state index contributed by atoms with van der Waals surface area (Å²) in [6, 6.07) is 14.4. The third-order valence-corrected chi connectivity index (χ3v) is 3.68. The Morgan fingerprint density at radius 3 is 2.38 bits per heavy atom.